The molecule has 142 valence electrons. The fourth-order valence-electron chi connectivity index (χ4n) is 3.36. The molecule has 0 saturated heterocycles. The number of para-hydroxylation sites is 1. The molecule has 5 nitrogen and oxygen atoms in total. The lowest BCUT2D eigenvalue weighted by atomic mass is 10.1. The summed E-state index contributed by atoms with van der Waals surface area (Å²) in [5, 5.41) is 10.9. The number of benzene rings is 3. The van der Waals surface area contributed by atoms with Crippen LogP contribution in [0.15, 0.2) is 89.9 Å². The maximum absolute atomic E-state index is 10.0. The first-order valence-electron chi connectivity index (χ1n) is 9.39. The molecule has 1 aliphatic heterocycles. The standard InChI is InChI=1S/C24H18N2O3/c27-21-11-5-8-17-12-13-22(26-23(17)21)29-19-10-4-9-18(14-19)24-25-20(15-28-24)16-6-2-1-3-7-16/h1-14,20,27H,15H2/t20-/m1/s1. The van der Waals surface area contributed by atoms with Crippen LogP contribution in [0.3, 0.4) is 0 Å². The van der Waals surface area contributed by atoms with Gasteiger partial charge >= 0.3 is 0 Å². The Kier molecular flexibility index (Phi) is 4.33. The van der Waals surface area contributed by atoms with E-state index in [9.17, 15) is 5.11 Å². The number of phenols is 1. The highest BCUT2D eigenvalue weighted by Gasteiger charge is 2.21. The van der Waals surface area contributed by atoms with Crippen LogP contribution in [-0.4, -0.2) is 22.6 Å². The number of nitrogens with zero attached hydrogens (tertiary/aromatic N) is 2. The number of aliphatic imine (C=N–C) groups is 1. The lowest BCUT2D eigenvalue weighted by Gasteiger charge is -2.08. The molecule has 1 atom stereocenters. The van der Waals surface area contributed by atoms with Crippen LogP contribution in [0.5, 0.6) is 17.4 Å². The van der Waals surface area contributed by atoms with Crippen LogP contribution in [0.25, 0.3) is 10.9 Å². The minimum absolute atomic E-state index is 0.000837. The van der Waals surface area contributed by atoms with Crippen molar-refractivity contribution >= 4 is 16.8 Å². The van der Waals surface area contributed by atoms with Crippen LogP contribution in [-0.2, 0) is 4.74 Å². The van der Waals surface area contributed by atoms with Gasteiger partial charge in [-0.1, -0.05) is 48.5 Å². The quantitative estimate of drug-likeness (QED) is 0.523. The van der Waals surface area contributed by atoms with Crippen molar-refractivity contribution in [3.63, 3.8) is 0 Å². The van der Waals surface area contributed by atoms with E-state index in [-0.39, 0.29) is 11.8 Å². The van der Waals surface area contributed by atoms with Gasteiger partial charge in [0, 0.05) is 17.0 Å². The minimum atomic E-state index is 0.000837. The van der Waals surface area contributed by atoms with Gasteiger partial charge in [-0.3, -0.25) is 0 Å². The van der Waals surface area contributed by atoms with Crippen molar-refractivity contribution in [2.24, 2.45) is 4.99 Å². The Morgan fingerprint density at radius 1 is 0.897 bits per heavy atom. The van der Waals surface area contributed by atoms with E-state index in [4.69, 9.17) is 14.5 Å². The highest BCUT2D eigenvalue weighted by atomic mass is 16.5. The molecular weight excluding hydrogens is 364 g/mol. The van der Waals surface area contributed by atoms with Gasteiger partial charge < -0.3 is 14.6 Å². The fraction of sp³-hybridized carbons (Fsp3) is 0.0833. The smallest absolute Gasteiger partial charge is 0.219 e. The molecule has 0 unspecified atom stereocenters. The van der Waals surface area contributed by atoms with Crippen molar-refractivity contribution in [3.05, 3.63) is 96.1 Å². The molecule has 0 fully saturated rings. The van der Waals surface area contributed by atoms with Crippen molar-refractivity contribution in [1.29, 1.82) is 0 Å². The van der Waals surface area contributed by atoms with Crippen molar-refractivity contribution in [2.75, 3.05) is 6.61 Å². The van der Waals surface area contributed by atoms with Crippen LogP contribution in [0.1, 0.15) is 17.2 Å². The van der Waals surface area contributed by atoms with Crippen molar-refractivity contribution in [2.45, 2.75) is 6.04 Å². The molecule has 2 heterocycles. The number of hydrogen-bond donors (Lipinski definition) is 1. The number of phenolic OH excluding ortho intramolecular Hbond substituents is 1. The Labute approximate surface area is 167 Å². The molecule has 4 aromatic rings. The normalized spacial score (nSPS) is 15.7. The summed E-state index contributed by atoms with van der Waals surface area (Å²) in [7, 11) is 0. The van der Waals surface area contributed by atoms with Gasteiger partial charge in [-0.25, -0.2) is 9.98 Å². The average molecular weight is 382 g/mol. The molecule has 1 aliphatic rings. The fourth-order valence-corrected chi connectivity index (χ4v) is 3.36. The summed E-state index contributed by atoms with van der Waals surface area (Å²) in [4.78, 5) is 9.13. The molecule has 1 N–H and O–H groups in total. The van der Waals surface area contributed by atoms with Crippen LogP contribution < -0.4 is 4.74 Å². The molecule has 0 amide bonds. The van der Waals surface area contributed by atoms with Crippen LogP contribution in [0.2, 0.25) is 0 Å². The maximum Gasteiger partial charge on any atom is 0.219 e. The van der Waals surface area contributed by atoms with Crippen molar-refractivity contribution < 1.29 is 14.6 Å². The van der Waals surface area contributed by atoms with Crippen molar-refractivity contribution in [1.82, 2.24) is 4.98 Å². The summed E-state index contributed by atoms with van der Waals surface area (Å²) in [5.74, 6) is 1.77. The topological polar surface area (TPSA) is 63.9 Å². The number of hydrogen-bond acceptors (Lipinski definition) is 5. The van der Waals surface area contributed by atoms with E-state index in [0.29, 0.717) is 29.7 Å². The zero-order valence-electron chi connectivity index (χ0n) is 15.5. The minimum Gasteiger partial charge on any atom is -0.506 e. The SMILES string of the molecule is Oc1cccc2ccc(Oc3cccc(C4=N[C@@H](c5ccccc5)CO4)c3)nc12. The summed E-state index contributed by atoms with van der Waals surface area (Å²) in [6.45, 7) is 0.524. The van der Waals surface area contributed by atoms with Gasteiger partial charge in [-0.2, -0.15) is 0 Å². The molecule has 1 aromatic heterocycles. The number of rotatable bonds is 4. The Morgan fingerprint density at radius 2 is 1.76 bits per heavy atom. The maximum atomic E-state index is 10.0. The van der Waals surface area contributed by atoms with E-state index in [1.54, 1.807) is 18.2 Å². The Morgan fingerprint density at radius 3 is 2.66 bits per heavy atom. The third kappa shape index (κ3) is 3.50. The number of ether oxygens (including phenoxy) is 2. The number of fused-ring (bicyclic) bond motifs is 1. The zero-order chi connectivity index (χ0) is 19.6. The summed E-state index contributed by atoms with van der Waals surface area (Å²) in [6.07, 6.45) is 0. The molecule has 3 aromatic carbocycles. The number of aromatic nitrogens is 1. The molecule has 29 heavy (non-hydrogen) atoms. The highest BCUT2D eigenvalue weighted by Crippen LogP contribution is 2.29. The average Bonchev–Trinajstić information content (AvgIpc) is 3.26. The lowest BCUT2D eigenvalue weighted by molar-refractivity contribution is 0.319. The summed E-state index contributed by atoms with van der Waals surface area (Å²) in [5.41, 5.74) is 2.50. The number of aromatic hydroxyl groups is 1. The second-order valence-electron chi connectivity index (χ2n) is 6.80. The Bertz CT molecular complexity index is 1210. The van der Waals surface area contributed by atoms with Gasteiger partial charge in [0.1, 0.15) is 29.7 Å². The molecule has 0 bridgehead atoms. The molecular formula is C24H18N2O3. The monoisotopic (exact) mass is 382 g/mol. The second kappa shape index (κ2) is 7.28. The van der Waals surface area contributed by atoms with E-state index in [1.165, 1.54) is 0 Å². The molecule has 5 heteroatoms. The van der Waals surface area contributed by atoms with Gasteiger partial charge in [0.2, 0.25) is 11.8 Å². The molecule has 5 rings (SSSR count). The summed E-state index contributed by atoms with van der Waals surface area (Å²) >= 11 is 0. The van der Waals surface area contributed by atoms with E-state index < -0.39 is 0 Å². The summed E-state index contributed by atoms with van der Waals surface area (Å²) < 4.78 is 11.8. The zero-order valence-corrected chi connectivity index (χ0v) is 15.5. The first-order valence-corrected chi connectivity index (χ1v) is 9.39. The third-order valence-electron chi connectivity index (χ3n) is 4.81. The van der Waals surface area contributed by atoms with E-state index in [2.05, 4.69) is 17.1 Å². The van der Waals surface area contributed by atoms with Gasteiger partial charge in [0.05, 0.1) is 0 Å². The Hall–Kier alpha value is -3.86. The summed E-state index contributed by atoms with van der Waals surface area (Å²) in [6, 6.07) is 26.6. The van der Waals surface area contributed by atoms with Crippen LogP contribution in [0, 0.1) is 0 Å². The van der Waals surface area contributed by atoms with Crippen molar-refractivity contribution in [3.8, 4) is 17.4 Å². The number of pyridine rings is 1. The predicted octanol–water partition coefficient (Wildman–Crippen LogP) is 5.25. The van der Waals surface area contributed by atoms with Gasteiger partial charge in [0.15, 0.2) is 0 Å². The predicted molar refractivity (Wildman–Crippen MR) is 112 cm³/mol. The van der Waals surface area contributed by atoms with Crippen LogP contribution in [0.4, 0.5) is 0 Å². The van der Waals surface area contributed by atoms with E-state index in [1.807, 2.05) is 54.6 Å². The lowest BCUT2D eigenvalue weighted by Crippen LogP contribution is -2.01. The molecule has 0 radical (unpaired) electrons. The highest BCUT2D eigenvalue weighted by molar-refractivity contribution is 5.95. The Balaban J connectivity index is 1.40. The van der Waals surface area contributed by atoms with E-state index in [0.717, 1.165) is 16.5 Å². The third-order valence-corrected chi connectivity index (χ3v) is 4.81. The van der Waals surface area contributed by atoms with E-state index >= 15 is 0 Å². The first kappa shape index (κ1) is 17.3. The second-order valence-corrected chi connectivity index (χ2v) is 6.80. The first-order chi connectivity index (χ1) is 14.3. The van der Waals surface area contributed by atoms with Gasteiger partial charge in [0.25, 0.3) is 0 Å². The molecule has 0 spiro atoms. The van der Waals surface area contributed by atoms with Crippen LogP contribution >= 0.6 is 0 Å². The molecule has 0 saturated carbocycles. The van der Waals surface area contributed by atoms with Gasteiger partial charge in [-0.05, 0) is 35.9 Å². The largest absolute Gasteiger partial charge is 0.506 e. The van der Waals surface area contributed by atoms with Gasteiger partial charge in [-0.15, -0.1) is 0 Å². The molecule has 0 aliphatic carbocycles.